The van der Waals surface area contributed by atoms with Gasteiger partial charge in [0.15, 0.2) is 0 Å². The highest BCUT2D eigenvalue weighted by atomic mass is 16.6. The number of anilines is 2. The van der Waals surface area contributed by atoms with Crippen LogP contribution in [0.2, 0.25) is 0 Å². The zero-order valence-electron chi connectivity index (χ0n) is 7.93. The molecule has 0 saturated carbocycles. The average Bonchev–Trinajstić information content (AvgIpc) is 2.10. The molecule has 0 aliphatic heterocycles. The highest BCUT2D eigenvalue weighted by Gasteiger charge is 2.09. The highest BCUT2D eigenvalue weighted by molar-refractivity contribution is 5.63. The Morgan fingerprint density at radius 2 is 2.00 bits per heavy atom. The van der Waals surface area contributed by atoms with Crippen molar-refractivity contribution in [2.45, 2.75) is 6.92 Å². The first-order chi connectivity index (χ1) is 6.52. The lowest BCUT2D eigenvalue weighted by Crippen LogP contribution is -1.96. The number of nitro benzene ring substituents is 1. The molecule has 0 aromatic heterocycles. The molecule has 0 aliphatic rings. The Labute approximate surface area is 82.2 Å². The molecule has 0 bridgehead atoms. The van der Waals surface area contributed by atoms with Crippen LogP contribution >= 0.6 is 0 Å². The minimum atomic E-state index is -0.564. The van der Waals surface area contributed by atoms with Crippen molar-refractivity contribution in [3.8, 4) is 0 Å². The molecule has 5 heteroatoms. The van der Waals surface area contributed by atoms with Crippen LogP contribution in [0.4, 0.5) is 17.1 Å². The van der Waals surface area contributed by atoms with Crippen LogP contribution in [-0.2, 0) is 0 Å². The van der Waals surface area contributed by atoms with Crippen LogP contribution in [0, 0.1) is 10.1 Å². The number of hydrogen-bond donors (Lipinski definition) is 2. The van der Waals surface area contributed by atoms with E-state index in [4.69, 9.17) is 11.5 Å². The predicted molar refractivity (Wildman–Crippen MR) is 57.8 cm³/mol. The molecule has 5 nitrogen and oxygen atoms in total. The fourth-order valence-electron chi connectivity index (χ4n) is 0.719. The van der Waals surface area contributed by atoms with Gasteiger partial charge in [0.2, 0.25) is 0 Å². The maximum Gasteiger partial charge on any atom is 0.294 e. The number of hydrogen-bond acceptors (Lipinski definition) is 4. The average molecular weight is 195 g/mol. The van der Waals surface area contributed by atoms with E-state index in [0.29, 0.717) is 5.69 Å². The van der Waals surface area contributed by atoms with Crippen LogP contribution in [-0.4, -0.2) is 4.92 Å². The summed E-state index contributed by atoms with van der Waals surface area (Å²) in [6, 6.07) is 4.16. The van der Waals surface area contributed by atoms with E-state index in [1.807, 2.05) is 6.92 Å². The second-order valence-corrected chi connectivity index (χ2v) is 2.48. The standard InChI is InChI=1S/C6H7N3O2.C3H6/c7-4-1-2-5(8)6(3-4)9(10)11;1-3-2/h1-3H,7-8H2;3H,1H2,2H3. The zero-order valence-corrected chi connectivity index (χ0v) is 7.93. The van der Waals surface area contributed by atoms with Gasteiger partial charge in [0.1, 0.15) is 5.69 Å². The predicted octanol–water partition coefficient (Wildman–Crippen LogP) is 1.95. The molecule has 1 aromatic carbocycles. The quantitative estimate of drug-likeness (QED) is 0.310. The summed E-state index contributed by atoms with van der Waals surface area (Å²) in [4.78, 5) is 9.68. The zero-order chi connectivity index (χ0) is 11.1. The Bertz CT molecular complexity index is 337. The van der Waals surface area contributed by atoms with E-state index in [0.717, 1.165) is 0 Å². The summed E-state index contributed by atoms with van der Waals surface area (Å²) in [6.45, 7) is 5.25. The maximum absolute atomic E-state index is 10.2. The topological polar surface area (TPSA) is 95.2 Å². The molecular formula is C9H13N3O2. The molecule has 0 atom stereocenters. The molecule has 1 rings (SSSR count). The van der Waals surface area contributed by atoms with Crippen molar-refractivity contribution in [3.63, 3.8) is 0 Å². The maximum atomic E-state index is 10.2. The van der Waals surface area contributed by atoms with Gasteiger partial charge in [-0.25, -0.2) is 0 Å². The third-order valence-corrected chi connectivity index (χ3v) is 1.25. The summed E-state index contributed by atoms with van der Waals surface area (Å²) in [5.74, 6) is 0. The third kappa shape index (κ3) is 3.57. The van der Waals surface area contributed by atoms with Crippen molar-refractivity contribution in [2.24, 2.45) is 0 Å². The first kappa shape index (κ1) is 12.0. The van der Waals surface area contributed by atoms with Crippen LogP contribution in [0.3, 0.4) is 0 Å². The van der Waals surface area contributed by atoms with Crippen LogP contribution < -0.4 is 11.5 Å². The van der Waals surface area contributed by atoms with Crippen LogP contribution in [0.1, 0.15) is 6.92 Å². The van der Waals surface area contributed by atoms with E-state index >= 15 is 0 Å². The molecule has 0 amide bonds. The molecule has 4 N–H and O–H groups in total. The van der Waals surface area contributed by atoms with Gasteiger partial charge in [0.25, 0.3) is 5.69 Å². The number of benzene rings is 1. The first-order valence-corrected chi connectivity index (χ1v) is 3.89. The van der Waals surface area contributed by atoms with Gasteiger partial charge in [-0.3, -0.25) is 10.1 Å². The lowest BCUT2D eigenvalue weighted by Gasteiger charge is -1.96. The van der Waals surface area contributed by atoms with Crippen molar-refractivity contribution in [1.82, 2.24) is 0 Å². The Hall–Kier alpha value is -2.04. The van der Waals surface area contributed by atoms with Crippen LogP contribution in [0.15, 0.2) is 30.9 Å². The monoisotopic (exact) mass is 195 g/mol. The Morgan fingerprint density at radius 3 is 2.36 bits per heavy atom. The molecule has 76 valence electrons. The number of nitrogens with zero attached hydrogens (tertiary/aromatic N) is 1. The van der Waals surface area contributed by atoms with E-state index in [1.54, 1.807) is 6.08 Å². The van der Waals surface area contributed by atoms with E-state index < -0.39 is 4.92 Å². The van der Waals surface area contributed by atoms with Crippen molar-refractivity contribution in [3.05, 3.63) is 41.0 Å². The normalized spacial score (nSPS) is 8.36. The molecule has 1 aromatic rings. The summed E-state index contributed by atoms with van der Waals surface area (Å²) in [5.41, 5.74) is 10.9. The van der Waals surface area contributed by atoms with Crippen LogP contribution in [0.25, 0.3) is 0 Å². The van der Waals surface area contributed by atoms with Crippen molar-refractivity contribution in [2.75, 3.05) is 11.5 Å². The number of nitrogens with two attached hydrogens (primary N) is 2. The van der Waals surface area contributed by atoms with Crippen molar-refractivity contribution < 1.29 is 4.92 Å². The smallest absolute Gasteiger partial charge is 0.294 e. The molecule has 0 spiro atoms. The van der Waals surface area contributed by atoms with Gasteiger partial charge in [-0.05, 0) is 19.1 Å². The summed E-state index contributed by atoms with van der Waals surface area (Å²) in [5, 5.41) is 10.2. The second kappa shape index (κ2) is 5.58. The van der Waals surface area contributed by atoms with Crippen molar-refractivity contribution >= 4 is 17.1 Å². The lowest BCUT2D eigenvalue weighted by molar-refractivity contribution is -0.383. The Balaban J connectivity index is 0.000000500. The molecule has 0 aliphatic carbocycles. The van der Waals surface area contributed by atoms with Gasteiger partial charge in [0, 0.05) is 11.8 Å². The van der Waals surface area contributed by atoms with Gasteiger partial charge in [-0.15, -0.1) is 6.58 Å². The number of nitro groups is 1. The minimum absolute atomic E-state index is 0.129. The summed E-state index contributed by atoms with van der Waals surface area (Å²) in [6.07, 6.45) is 1.75. The van der Waals surface area contributed by atoms with Gasteiger partial charge in [-0.2, -0.15) is 0 Å². The Morgan fingerprint density at radius 1 is 1.50 bits per heavy atom. The van der Waals surface area contributed by atoms with Crippen molar-refractivity contribution in [1.29, 1.82) is 0 Å². The van der Waals surface area contributed by atoms with E-state index in [1.165, 1.54) is 18.2 Å². The summed E-state index contributed by atoms with van der Waals surface area (Å²) in [7, 11) is 0. The summed E-state index contributed by atoms with van der Waals surface area (Å²) >= 11 is 0. The van der Waals surface area contributed by atoms with E-state index in [9.17, 15) is 10.1 Å². The van der Waals surface area contributed by atoms with Gasteiger partial charge in [0.05, 0.1) is 4.92 Å². The molecule has 0 fully saturated rings. The molecule has 0 unspecified atom stereocenters. The van der Waals surface area contributed by atoms with Gasteiger partial charge < -0.3 is 11.5 Å². The number of rotatable bonds is 1. The largest absolute Gasteiger partial charge is 0.399 e. The second-order valence-electron chi connectivity index (χ2n) is 2.48. The minimum Gasteiger partial charge on any atom is -0.399 e. The first-order valence-electron chi connectivity index (χ1n) is 3.89. The molecule has 0 radical (unpaired) electrons. The number of nitrogen functional groups attached to an aromatic ring is 2. The van der Waals surface area contributed by atoms with E-state index in [2.05, 4.69) is 6.58 Å². The van der Waals surface area contributed by atoms with Gasteiger partial charge >= 0.3 is 0 Å². The number of allylic oxidation sites excluding steroid dienone is 1. The lowest BCUT2D eigenvalue weighted by atomic mass is 10.2. The van der Waals surface area contributed by atoms with Crippen LogP contribution in [0.5, 0.6) is 0 Å². The van der Waals surface area contributed by atoms with E-state index in [-0.39, 0.29) is 11.4 Å². The SMILES string of the molecule is C=CC.Nc1ccc(N)c([N+](=O)[O-])c1. The fourth-order valence-corrected chi connectivity index (χ4v) is 0.719. The molecule has 0 saturated heterocycles. The molecule has 0 heterocycles. The highest BCUT2D eigenvalue weighted by Crippen LogP contribution is 2.22. The fraction of sp³-hybridized carbons (Fsp3) is 0.111. The van der Waals surface area contributed by atoms with Gasteiger partial charge in [-0.1, -0.05) is 6.08 Å². The molecule has 14 heavy (non-hydrogen) atoms. The molecular weight excluding hydrogens is 182 g/mol. The summed E-state index contributed by atoms with van der Waals surface area (Å²) < 4.78 is 0. The third-order valence-electron chi connectivity index (χ3n) is 1.25. The Kier molecular flexibility index (Phi) is 4.77.